The molecule has 0 heterocycles. The van der Waals surface area contributed by atoms with E-state index in [9.17, 15) is 9.59 Å². The number of amides is 2. The molecule has 0 aliphatic rings. The molecule has 37 heavy (non-hydrogen) atoms. The van der Waals surface area contributed by atoms with Crippen molar-refractivity contribution in [3.05, 3.63) is 82.9 Å². The van der Waals surface area contributed by atoms with Crippen LogP contribution in [0.3, 0.4) is 0 Å². The summed E-state index contributed by atoms with van der Waals surface area (Å²) in [6, 6.07) is 18.0. The van der Waals surface area contributed by atoms with Crippen LogP contribution < -0.4 is 30.3 Å². The Labute approximate surface area is 217 Å². The molecule has 0 aliphatic heterocycles. The molecule has 0 bridgehead atoms. The standard InChI is InChI=1S/C28H33N5O4/c1-18-24(36-4)14-21(15-25(18)37-5)28(35)31-16-20-12-11-19(27(29)30)13-23(20)32(2)17-26(34)33(3)22-9-7-6-8-10-22/h6-15H,16-17H2,1-5H3,(H3,29,30)(H,31,35). The molecule has 3 aromatic rings. The van der Waals surface area contributed by atoms with Crippen LogP contribution in [0.25, 0.3) is 0 Å². The number of nitrogen functional groups attached to an aromatic ring is 1. The van der Waals surface area contributed by atoms with Crippen molar-refractivity contribution in [1.29, 1.82) is 5.41 Å². The summed E-state index contributed by atoms with van der Waals surface area (Å²) in [6.07, 6.45) is 0. The lowest BCUT2D eigenvalue weighted by Gasteiger charge is -2.26. The second-order valence-electron chi connectivity index (χ2n) is 8.59. The number of anilines is 2. The fourth-order valence-electron chi connectivity index (χ4n) is 3.92. The van der Waals surface area contributed by atoms with Gasteiger partial charge in [-0.3, -0.25) is 15.0 Å². The number of likely N-dealkylation sites (N-methyl/N-ethyl adjacent to an activating group) is 2. The number of carbonyl (C=O) groups is 2. The van der Waals surface area contributed by atoms with Crippen LogP contribution in [-0.2, 0) is 11.3 Å². The van der Waals surface area contributed by atoms with Crippen molar-refractivity contribution in [3.8, 4) is 11.5 Å². The summed E-state index contributed by atoms with van der Waals surface area (Å²) >= 11 is 0. The third-order valence-electron chi connectivity index (χ3n) is 6.15. The number of methoxy groups -OCH3 is 2. The van der Waals surface area contributed by atoms with Crippen molar-refractivity contribution in [1.82, 2.24) is 5.32 Å². The summed E-state index contributed by atoms with van der Waals surface area (Å²) in [5, 5.41) is 10.8. The molecule has 0 spiro atoms. The number of nitrogens with one attached hydrogen (secondary N) is 2. The molecule has 0 radical (unpaired) electrons. The van der Waals surface area contributed by atoms with Crippen LogP contribution in [0.2, 0.25) is 0 Å². The van der Waals surface area contributed by atoms with Crippen molar-refractivity contribution < 1.29 is 19.1 Å². The highest BCUT2D eigenvalue weighted by Gasteiger charge is 2.18. The van der Waals surface area contributed by atoms with Crippen molar-refractivity contribution in [2.75, 3.05) is 44.7 Å². The number of nitrogens with two attached hydrogens (primary N) is 1. The third-order valence-corrected chi connectivity index (χ3v) is 6.15. The fourth-order valence-corrected chi connectivity index (χ4v) is 3.92. The number of nitrogens with zero attached hydrogens (tertiary/aromatic N) is 2. The summed E-state index contributed by atoms with van der Waals surface area (Å²) in [4.78, 5) is 29.3. The number of rotatable bonds is 10. The number of benzene rings is 3. The monoisotopic (exact) mass is 503 g/mol. The first-order chi connectivity index (χ1) is 17.7. The molecule has 2 amide bonds. The number of amidine groups is 1. The Hall–Kier alpha value is -4.53. The van der Waals surface area contributed by atoms with Gasteiger partial charge in [-0.2, -0.15) is 0 Å². The lowest BCUT2D eigenvalue weighted by atomic mass is 10.1. The van der Waals surface area contributed by atoms with E-state index in [-0.39, 0.29) is 30.7 Å². The van der Waals surface area contributed by atoms with E-state index in [0.717, 1.165) is 16.8 Å². The molecule has 0 saturated carbocycles. The number of para-hydroxylation sites is 1. The maximum atomic E-state index is 13.0. The zero-order valence-corrected chi connectivity index (χ0v) is 21.8. The highest BCUT2D eigenvalue weighted by molar-refractivity contribution is 5.98. The lowest BCUT2D eigenvalue weighted by Crippen LogP contribution is -2.37. The van der Waals surface area contributed by atoms with Gasteiger partial charge in [0.15, 0.2) is 0 Å². The minimum absolute atomic E-state index is 0.0834. The molecule has 194 valence electrons. The summed E-state index contributed by atoms with van der Waals surface area (Å²) in [5.74, 6) is 0.599. The Morgan fingerprint density at radius 2 is 1.57 bits per heavy atom. The van der Waals surface area contributed by atoms with E-state index in [4.69, 9.17) is 20.6 Å². The average molecular weight is 504 g/mol. The molecule has 9 heteroatoms. The molecule has 0 saturated heterocycles. The Morgan fingerprint density at radius 1 is 0.946 bits per heavy atom. The van der Waals surface area contributed by atoms with Crippen LogP contribution in [0, 0.1) is 12.3 Å². The second kappa shape index (κ2) is 11.9. The Kier molecular flexibility index (Phi) is 8.73. The van der Waals surface area contributed by atoms with Crippen molar-refractivity contribution in [2.45, 2.75) is 13.5 Å². The number of hydrogen-bond donors (Lipinski definition) is 3. The first-order valence-corrected chi connectivity index (χ1v) is 11.7. The van der Waals surface area contributed by atoms with E-state index in [1.807, 2.05) is 37.3 Å². The van der Waals surface area contributed by atoms with Crippen LogP contribution >= 0.6 is 0 Å². The number of hydrogen-bond acceptors (Lipinski definition) is 6. The molecule has 3 aromatic carbocycles. The first kappa shape index (κ1) is 27.1. The Morgan fingerprint density at radius 3 is 2.14 bits per heavy atom. The molecular weight excluding hydrogens is 470 g/mol. The molecule has 4 N–H and O–H groups in total. The summed E-state index contributed by atoms with van der Waals surface area (Å²) in [5.41, 5.74) is 9.68. The molecule has 0 aromatic heterocycles. The molecule has 3 rings (SSSR count). The predicted molar refractivity (Wildman–Crippen MR) is 146 cm³/mol. The van der Waals surface area contributed by atoms with Crippen molar-refractivity contribution in [3.63, 3.8) is 0 Å². The first-order valence-electron chi connectivity index (χ1n) is 11.7. The highest BCUT2D eigenvalue weighted by Crippen LogP contribution is 2.29. The van der Waals surface area contributed by atoms with E-state index in [1.54, 1.807) is 68.4 Å². The van der Waals surface area contributed by atoms with Crippen LogP contribution in [0.15, 0.2) is 60.7 Å². The summed E-state index contributed by atoms with van der Waals surface area (Å²) in [7, 11) is 6.59. The van der Waals surface area contributed by atoms with E-state index in [0.29, 0.717) is 28.3 Å². The molecule has 9 nitrogen and oxygen atoms in total. The molecule has 0 aliphatic carbocycles. The van der Waals surface area contributed by atoms with E-state index >= 15 is 0 Å². The Bertz CT molecular complexity index is 1270. The molecular formula is C28H33N5O4. The zero-order valence-electron chi connectivity index (χ0n) is 21.8. The van der Waals surface area contributed by atoms with Gasteiger partial charge in [0, 0.05) is 48.7 Å². The molecule has 0 atom stereocenters. The molecule has 0 fully saturated rings. The van der Waals surface area contributed by atoms with Gasteiger partial charge in [0.25, 0.3) is 5.91 Å². The van der Waals surface area contributed by atoms with Crippen LogP contribution in [-0.4, -0.2) is 52.5 Å². The minimum Gasteiger partial charge on any atom is -0.496 e. The van der Waals surface area contributed by atoms with Gasteiger partial charge >= 0.3 is 0 Å². The van der Waals surface area contributed by atoms with E-state index in [2.05, 4.69) is 5.32 Å². The maximum absolute atomic E-state index is 13.0. The largest absolute Gasteiger partial charge is 0.496 e. The molecule has 0 unspecified atom stereocenters. The second-order valence-corrected chi connectivity index (χ2v) is 8.59. The van der Waals surface area contributed by atoms with Gasteiger partial charge in [0.05, 0.1) is 20.8 Å². The quantitative estimate of drug-likeness (QED) is 0.288. The van der Waals surface area contributed by atoms with Gasteiger partial charge in [-0.1, -0.05) is 30.3 Å². The van der Waals surface area contributed by atoms with Crippen LogP contribution in [0.4, 0.5) is 11.4 Å². The smallest absolute Gasteiger partial charge is 0.251 e. The number of carbonyl (C=O) groups excluding carboxylic acids is 2. The zero-order chi connectivity index (χ0) is 27.1. The van der Waals surface area contributed by atoms with Crippen LogP contribution in [0.5, 0.6) is 11.5 Å². The summed E-state index contributed by atoms with van der Waals surface area (Å²) in [6.45, 7) is 2.13. The van der Waals surface area contributed by atoms with E-state index < -0.39 is 0 Å². The van der Waals surface area contributed by atoms with E-state index in [1.165, 1.54) is 0 Å². The number of ether oxygens (including phenoxy) is 2. The van der Waals surface area contributed by atoms with Gasteiger partial charge in [-0.15, -0.1) is 0 Å². The topological polar surface area (TPSA) is 121 Å². The van der Waals surface area contributed by atoms with Gasteiger partial charge in [0.1, 0.15) is 17.3 Å². The van der Waals surface area contributed by atoms with Gasteiger partial charge < -0.3 is 30.3 Å². The SMILES string of the molecule is COc1cc(C(=O)NCc2ccc(C(=N)N)cc2N(C)CC(=O)N(C)c2ccccc2)cc(OC)c1C. The summed E-state index contributed by atoms with van der Waals surface area (Å²) < 4.78 is 10.8. The average Bonchev–Trinajstić information content (AvgIpc) is 2.91. The van der Waals surface area contributed by atoms with Gasteiger partial charge in [-0.25, -0.2) is 0 Å². The lowest BCUT2D eigenvalue weighted by molar-refractivity contribution is -0.117. The van der Waals surface area contributed by atoms with Gasteiger partial charge in [-0.05, 0) is 42.8 Å². The van der Waals surface area contributed by atoms with Crippen molar-refractivity contribution in [2.24, 2.45) is 5.73 Å². The van der Waals surface area contributed by atoms with Gasteiger partial charge in [0.2, 0.25) is 5.91 Å². The van der Waals surface area contributed by atoms with Crippen LogP contribution in [0.1, 0.15) is 27.0 Å². The normalized spacial score (nSPS) is 10.4. The third kappa shape index (κ3) is 6.38. The fraction of sp³-hybridized carbons (Fsp3) is 0.250. The maximum Gasteiger partial charge on any atom is 0.251 e. The van der Waals surface area contributed by atoms with Crippen molar-refractivity contribution >= 4 is 29.0 Å². The minimum atomic E-state index is -0.305. The Balaban J connectivity index is 1.82. The highest BCUT2D eigenvalue weighted by atomic mass is 16.5. The predicted octanol–water partition coefficient (Wildman–Crippen LogP) is 3.33.